The predicted molar refractivity (Wildman–Crippen MR) is 74.8 cm³/mol. The first-order valence-corrected chi connectivity index (χ1v) is 6.82. The largest absolute Gasteiger partial charge is 0.493 e. The average Bonchev–Trinajstić information content (AvgIpc) is 2.33. The van der Waals surface area contributed by atoms with Crippen molar-refractivity contribution in [3.05, 3.63) is 29.8 Å². The molecule has 0 aromatic heterocycles. The lowest BCUT2D eigenvalue weighted by Crippen LogP contribution is -2.49. The minimum atomic E-state index is -0.651. The van der Waals surface area contributed by atoms with E-state index in [0.717, 1.165) is 18.2 Å². The fraction of sp³-hybridized carbons (Fsp3) is 0.600. The van der Waals surface area contributed by atoms with Gasteiger partial charge in [-0.2, -0.15) is 0 Å². The zero-order valence-corrected chi connectivity index (χ0v) is 12.2. The van der Waals surface area contributed by atoms with Crippen molar-refractivity contribution in [2.75, 3.05) is 13.2 Å². The molecule has 0 aliphatic carbocycles. The van der Waals surface area contributed by atoms with Gasteiger partial charge in [-0.15, -0.1) is 0 Å². The Morgan fingerprint density at radius 1 is 1.25 bits per heavy atom. The molecular formula is C15H23F2NO2. The number of rotatable bonds is 8. The van der Waals surface area contributed by atoms with Gasteiger partial charge in [0.1, 0.15) is 17.4 Å². The summed E-state index contributed by atoms with van der Waals surface area (Å²) in [5.41, 5.74) is -0.370. The molecule has 0 spiro atoms. The Morgan fingerprint density at radius 3 is 2.35 bits per heavy atom. The fourth-order valence-electron chi connectivity index (χ4n) is 2.16. The molecule has 0 heterocycles. The van der Waals surface area contributed by atoms with Gasteiger partial charge in [-0.1, -0.05) is 13.8 Å². The van der Waals surface area contributed by atoms with Crippen LogP contribution in [-0.2, 0) is 0 Å². The number of benzene rings is 1. The molecule has 0 bridgehead atoms. The van der Waals surface area contributed by atoms with Crippen LogP contribution in [0.1, 0.15) is 33.6 Å². The van der Waals surface area contributed by atoms with Gasteiger partial charge in [-0.05, 0) is 19.8 Å². The van der Waals surface area contributed by atoms with Crippen LogP contribution in [0.25, 0.3) is 0 Å². The Bertz CT molecular complexity index is 406. The Morgan fingerprint density at radius 2 is 1.85 bits per heavy atom. The lowest BCUT2D eigenvalue weighted by Gasteiger charge is -2.31. The Kier molecular flexibility index (Phi) is 6.36. The SMILES string of the molecule is CC(C)NC(C)(CO)CCCOc1cc(F)cc(F)c1. The Labute approximate surface area is 119 Å². The van der Waals surface area contributed by atoms with Crippen molar-refractivity contribution < 1.29 is 18.6 Å². The van der Waals surface area contributed by atoms with Crippen molar-refractivity contribution in [3.8, 4) is 5.75 Å². The van der Waals surface area contributed by atoms with Gasteiger partial charge < -0.3 is 15.2 Å². The van der Waals surface area contributed by atoms with Crippen LogP contribution in [0.3, 0.4) is 0 Å². The summed E-state index contributed by atoms with van der Waals surface area (Å²) in [6, 6.07) is 3.38. The van der Waals surface area contributed by atoms with Crippen molar-refractivity contribution >= 4 is 0 Å². The van der Waals surface area contributed by atoms with Crippen LogP contribution in [0.4, 0.5) is 8.78 Å². The second-order valence-electron chi connectivity index (χ2n) is 5.57. The van der Waals surface area contributed by atoms with E-state index in [1.807, 2.05) is 20.8 Å². The molecule has 20 heavy (non-hydrogen) atoms. The number of aliphatic hydroxyl groups excluding tert-OH is 1. The normalized spacial score (nSPS) is 14.3. The lowest BCUT2D eigenvalue weighted by atomic mass is 9.96. The van der Waals surface area contributed by atoms with E-state index in [1.54, 1.807) is 0 Å². The number of hydrogen-bond acceptors (Lipinski definition) is 3. The van der Waals surface area contributed by atoms with Gasteiger partial charge in [0.05, 0.1) is 13.2 Å². The second-order valence-corrected chi connectivity index (χ2v) is 5.57. The van der Waals surface area contributed by atoms with Gasteiger partial charge in [-0.25, -0.2) is 8.78 Å². The summed E-state index contributed by atoms with van der Waals surface area (Å²) in [7, 11) is 0. The highest BCUT2D eigenvalue weighted by atomic mass is 19.1. The summed E-state index contributed by atoms with van der Waals surface area (Å²) < 4.78 is 31.2. The molecule has 0 saturated carbocycles. The van der Waals surface area contributed by atoms with Gasteiger partial charge in [0.2, 0.25) is 0 Å². The van der Waals surface area contributed by atoms with E-state index in [2.05, 4.69) is 5.32 Å². The van der Waals surface area contributed by atoms with Crippen molar-refractivity contribution in [1.82, 2.24) is 5.32 Å². The maximum Gasteiger partial charge on any atom is 0.129 e. The second kappa shape index (κ2) is 7.55. The standard InChI is InChI=1S/C15H23F2NO2/c1-11(2)18-15(3,10-19)5-4-6-20-14-8-12(16)7-13(17)9-14/h7-9,11,18-19H,4-6,10H2,1-3H3. The number of hydrogen-bond donors (Lipinski definition) is 2. The first-order valence-electron chi connectivity index (χ1n) is 6.82. The molecule has 3 nitrogen and oxygen atoms in total. The smallest absolute Gasteiger partial charge is 0.129 e. The monoisotopic (exact) mass is 287 g/mol. The highest BCUT2D eigenvalue weighted by Crippen LogP contribution is 2.17. The van der Waals surface area contributed by atoms with Crippen molar-refractivity contribution in [1.29, 1.82) is 0 Å². The summed E-state index contributed by atoms with van der Waals surface area (Å²) in [6.07, 6.45) is 1.38. The molecule has 5 heteroatoms. The molecule has 0 aliphatic rings. The third-order valence-corrected chi connectivity index (χ3v) is 2.96. The van der Waals surface area contributed by atoms with Crippen LogP contribution in [0.2, 0.25) is 0 Å². The average molecular weight is 287 g/mol. The van der Waals surface area contributed by atoms with E-state index in [0.29, 0.717) is 19.4 Å². The van der Waals surface area contributed by atoms with Crippen LogP contribution in [0.5, 0.6) is 5.75 Å². The predicted octanol–water partition coefficient (Wildman–Crippen LogP) is 2.87. The van der Waals surface area contributed by atoms with E-state index >= 15 is 0 Å². The number of aliphatic hydroxyl groups is 1. The maximum atomic E-state index is 13.0. The Hall–Kier alpha value is -1.20. The minimum Gasteiger partial charge on any atom is -0.493 e. The zero-order chi connectivity index (χ0) is 15.2. The van der Waals surface area contributed by atoms with Crippen molar-refractivity contribution in [2.45, 2.75) is 45.2 Å². The molecule has 1 atom stereocenters. The molecule has 0 saturated heterocycles. The summed E-state index contributed by atoms with van der Waals surface area (Å²) >= 11 is 0. The maximum absolute atomic E-state index is 13.0. The van der Waals surface area contributed by atoms with Crippen LogP contribution >= 0.6 is 0 Å². The van der Waals surface area contributed by atoms with Crippen molar-refractivity contribution in [3.63, 3.8) is 0 Å². The van der Waals surface area contributed by atoms with Gasteiger partial charge in [0.25, 0.3) is 0 Å². The molecule has 1 rings (SSSR count). The molecule has 114 valence electrons. The number of halogens is 2. The van der Waals surface area contributed by atoms with E-state index in [9.17, 15) is 13.9 Å². The summed E-state index contributed by atoms with van der Waals surface area (Å²) in [5.74, 6) is -1.12. The van der Waals surface area contributed by atoms with E-state index < -0.39 is 11.6 Å². The molecule has 1 aromatic carbocycles. The van der Waals surface area contributed by atoms with Gasteiger partial charge in [-0.3, -0.25) is 0 Å². The first-order chi connectivity index (χ1) is 9.34. The van der Waals surface area contributed by atoms with Crippen LogP contribution in [-0.4, -0.2) is 29.9 Å². The van der Waals surface area contributed by atoms with Gasteiger partial charge >= 0.3 is 0 Å². The summed E-state index contributed by atoms with van der Waals surface area (Å²) in [5, 5.41) is 12.7. The molecule has 0 radical (unpaired) electrons. The summed E-state index contributed by atoms with van der Waals surface area (Å²) in [4.78, 5) is 0. The highest BCUT2D eigenvalue weighted by molar-refractivity contribution is 5.23. The van der Waals surface area contributed by atoms with Crippen molar-refractivity contribution in [2.24, 2.45) is 0 Å². The van der Waals surface area contributed by atoms with E-state index in [-0.39, 0.29) is 23.9 Å². The fourth-order valence-corrected chi connectivity index (χ4v) is 2.16. The topological polar surface area (TPSA) is 41.5 Å². The molecular weight excluding hydrogens is 264 g/mol. The molecule has 1 aromatic rings. The molecule has 0 fully saturated rings. The quantitative estimate of drug-likeness (QED) is 0.722. The third kappa shape index (κ3) is 5.84. The third-order valence-electron chi connectivity index (χ3n) is 2.96. The molecule has 0 aliphatic heterocycles. The van der Waals surface area contributed by atoms with E-state index in [4.69, 9.17) is 4.74 Å². The number of nitrogens with one attached hydrogen (secondary N) is 1. The van der Waals surface area contributed by atoms with E-state index in [1.165, 1.54) is 0 Å². The highest BCUT2D eigenvalue weighted by Gasteiger charge is 2.23. The van der Waals surface area contributed by atoms with Gasteiger partial charge in [0, 0.05) is 29.8 Å². The first kappa shape index (κ1) is 16.9. The molecule has 1 unspecified atom stereocenters. The minimum absolute atomic E-state index is 0.0276. The van der Waals surface area contributed by atoms with Crippen LogP contribution in [0, 0.1) is 11.6 Å². The molecule has 0 amide bonds. The Balaban J connectivity index is 2.40. The lowest BCUT2D eigenvalue weighted by molar-refractivity contribution is 0.147. The van der Waals surface area contributed by atoms with Crippen LogP contribution in [0.15, 0.2) is 18.2 Å². The van der Waals surface area contributed by atoms with Crippen LogP contribution < -0.4 is 10.1 Å². The molecule has 2 N–H and O–H groups in total. The number of ether oxygens (including phenoxy) is 1. The van der Waals surface area contributed by atoms with Gasteiger partial charge in [0.15, 0.2) is 0 Å². The summed E-state index contributed by atoms with van der Waals surface area (Å²) in [6.45, 7) is 6.34. The zero-order valence-electron chi connectivity index (χ0n) is 12.2.